The van der Waals surface area contributed by atoms with Gasteiger partial charge < -0.3 is 9.30 Å². The fraction of sp³-hybridized carbons (Fsp3) is 0.286. The number of rotatable bonds is 5. The van der Waals surface area contributed by atoms with Gasteiger partial charge in [0.2, 0.25) is 0 Å². The Balaban J connectivity index is 1.71. The molecule has 2 aromatic rings. The number of aromatic nitrogens is 2. The molecule has 0 radical (unpaired) electrons. The third kappa shape index (κ3) is 2.71. The van der Waals surface area contributed by atoms with Crippen molar-refractivity contribution in [1.82, 2.24) is 9.55 Å². The molecule has 0 amide bonds. The molecule has 0 saturated heterocycles. The van der Waals surface area contributed by atoms with E-state index in [4.69, 9.17) is 4.74 Å². The summed E-state index contributed by atoms with van der Waals surface area (Å²) >= 11 is 3.32. The van der Waals surface area contributed by atoms with E-state index >= 15 is 0 Å². The number of carbonyl (C=O) groups is 1. The van der Waals surface area contributed by atoms with Gasteiger partial charge in [0.05, 0.1) is 18.2 Å². The van der Waals surface area contributed by atoms with Gasteiger partial charge in [0.25, 0.3) is 0 Å². The van der Waals surface area contributed by atoms with Gasteiger partial charge in [-0.05, 0) is 31.0 Å². The fourth-order valence-corrected chi connectivity index (χ4v) is 2.32. The second kappa shape index (κ2) is 5.17. The summed E-state index contributed by atoms with van der Waals surface area (Å²) in [7, 11) is 0. The molecule has 0 aliphatic heterocycles. The lowest BCUT2D eigenvalue weighted by atomic mass is 10.2. The van der Waals surface area contributed by atoms with Crippen LogP contribution in [0, 0.1) is 0 Å². The molecule has 19 heavy (non-hydrogen) atoms. The van der Waals surface area contributed by atoms with E-state index in [1.165, 1.54) is 12.8 Å². The Bertz CT molecular complexity index is 605. The molecule has 1 aliphatic rings. The molecule has 0 atom stereocenters. The summed E-state index contributed by atoms with van der Waals surface area (Å²) in [5, 5.41) is 0. The summed E-state index contributed by atoms with van der Waals surface area (Å²) in [6.07, 6.45) is 6.94. The van der Waals surface area contributed by atoms with E-state index in [-0.39, 0.29) is 0 Å². The first-order valence-corrected chi connectivity index (χ1v) is 6.95. The highest BCUT2D eigenvalue weighted by atomic mass is 79.9. The Morgan fingerprint density at radius 3 is 3.05 bits per heavy atom. The zero-order valence-electron chi connectivity index (χ0n) is 10.3. The van der Waals surface area contributed by atoms with Gasteiger partial charge in [0.15, 0.2) is 6.29 Å². The standard InChI is InChI=1S/C14H13BrN2O2/c15-14-4-3-13(5-10(14)7-18)19-8-12-6-16-9-17(12)11-1-2-11/h3-7,9,11H,1-2,8H2. The molecule has 98 valence electrons. The van der Waals surface area contributed by atoms with Crippen LogP contribution in [0.5, 0.6) is 5.75 Å². The molecule has 0 bridgehead atoms. The predicted molar refractivity (Wildman–Crippen MR) is 74.4 cm³/mol. The Hall–Kier alpha value is -1.62. The maximum Gasteiger partial charge on any atom is 0.151 e. The first kappa shape index (κ1) is 12.4. The maximum atomic E-state index is 10.9. The number of carbonyl (C=O) groups excluding carboxylic acids is 1. The van der Waals surface area contributed by atoms with Crippen LogP contribution >= 0.6 is 15.9 Å². The van der Waals surface area contributed by atoms with E-state index in [0.29, 0.717) is 24.0 Å². The normalized spacial score (nSPS) is 14.4. The molecular weight excluding hydrogens is 308 g/mol. The van der Waals surface area contributed by atoms with E-state index in [2.05, 4.69) is 25.5 Å². The van der Waals surface area contributed by atoms with E-state index in [1.807, 2.05) is 24.7 Å². The van der Waals surface area contributed by atoms with Gasteiger partial charge in [-0.3, -0.25) is 4.79 Å². The molecule has 1 aliphatic carbocycles. The largest absolute Gasteiger partial charge is 0.487 e. The Morgan fingerprint density at radius 2 is 2.32 bits per heavy atom. The van der Waals surface area contributed by atoms with Gasteiger partial charge in [-0.2, -0.15) is 0 Å². The van der Waals surface area contributed by atoms with E-state index < -0.39 is 0 Å². The third-order valence-electron chi connectivity index (χ3n) is 3.17. The Morgan fingerprint density at radius 1 is 1.47 bits per heavy atom. The second-order valence-electron chi connectivity index (χ2n) is 4.61. The summed E-state index contributed by atoms with van der Waals surface area (Å²) in [6, 6.07) is 5.98. The number of halogens is 1. The number of hydrogen-bond acceptors (Lipinski definition) is 3. The third-order valence-corrected chi connectivity index (χ3v) is 3.89. The number of hydrogen-bond donors (Lipinski definition) is 0. The zero-order valence-corrected chi connectivity index (χ0v) is 11.8. The maximum absolute atomic E-state index is 10.9. The van der Waals surface area contributed by atoms with Crippen LogP contribution in [0.4, 0.5) is 0 Å². The van der Waals surface area contributed by atoms with Crippen molar-refractivity contribution in [1.29, 1.82) is 0 Å². The summed E-state index contributed by atoms with van der Waals surface area (Å²) < 4.78 is 8.67. The second-order valence-corrected chi connectivity index (χ2v) is 5.47. The minimum absolute atomic E-state index is 0.469. The average molecular weight is 321 g/mol. The molecular formula is C14H13BrN2O2. The lowest BCUT2D eigenvalue weighted by Gasteiger charge is -2.09. The molecule has 0 unspecified atom stereocenters. The molecule has 1 aromatic carbocycles. The quantitative estimate of drug-likeness (QED) is 0.793. The van der Waals surface area contributed by atoms with Crippen molar-refractivity contribution in [3.63, 3.8) is 0 Å². The molecule has 0 spiro atoms. The molecule has 4 nitrogen and oxygen atoms in total. The van der Waals surface area contributed by atoms with Crippen molar-refractivity contribution in [2.45, 2.75) is 25.5 Å². The van der Waals surface area contributed by atoms with E-state index in [0.717, 1.165) is 16.5 Å². The smallest absolute Gasteiger partial charge is 0.151 e. The van der Waals surface area contributed by atoms with Gasteiger partial charge >= 0.3 is 0 Å². The number of aldehydes is 1. The van der Waals surface area contributed by atoms with Crippen LogP contribution in [-0.2, 0) is 6.61 Å². The van der Waals surface area contributed by atoms with Gasteiger partial charge in [-0.25, -0.2) is 4.98 Å². The lowest BCUT2D eigenvalue weighted by Crippen LogP contribution is -2.03. The highest BCUT2D eigenvalue weighted by Crippen LogP contribution is 2.35. The van der Waals surface area contributed by atoms with Gasteiger partial charge in [-0.1, -0.05) is 15.9 Å². The van der Waals surface area contributed by atoms with Crippen LogP contribution in [0.1, 0.15) is 34.9 Å². The summed E-state index contributed by atoms with van der Waals surface area (Å²) in [6.45, 7) is 0.469. The van der Waals surface area contributed by atoms with Gasteiger partial charge in [0, 0.05) is 16.1 Å². The highest BCUT2D eigenvalue weighted by Gasteiger charge is 2.25. The van der Waals surface area contributed by atoms with Crippen LogP contribution in [0.15, 0.2) is 35.2 Å². The fourth-order valence-electron chi connectivity index (χ4n) is 1.98. The van der Waals surface area contributed by atoms with Crippen LogP contribution in [0.3, 0.4) is 0 Å². The van der Waals surface area contributed by atoms with E-state index in [1.54, 1.807) is 6.07 Å². The predicted octanol–water partition coefficient (Wildman–Crippen LogP) is 3.37. The van der Waals surface area contributed by atoms with Crippen molar-refractivity contribution in [2.24, 2.45) is 0 Å². The number of ether oxygens (including phenoxy) is 1. The van der Waals surface area contributed by atoms with Gasteiger partial charge in [-0.15, -0.1) is 0 Å². The minimum Gasteiger partial charge on any atom is -0.487 e. The van der Waals surface area contributed by atoms with Crippen molar-refractivity contribution < 1.29 is 9.53 Å². The van der Waals surface area contributed by atoms with Crippen molar-refractivity contribution in [3.8, 4) is 5.75 Å². The summed E-state index contributed by atoms with van der Waals surface area (Å²) in [4.78, 5) is 15.0. The first-order valence-electron chi connectivity index (χ1n) is 6.16. The number of nitrogens with zero attached hydrogens (tertiary/aromatic N) is 2. The molecule has 0 N–H and O–H groups in total. The van der Waals surface area contributed by atoms with Crippen LogP contribution in [-0.4, -0.2) is 15.8 Å². The minimum atomic E-state index is 0.469. The van der Waals surface area contributed by atoms with Crippen LogP contribution < -0.4 is 4.74 Å². The Labute approximate surface area is 119 Å². The zero-order chi connectivity index (χ0) is 13.2. The summed E-state index contributed by atoms with van der Waals surface area (Å²) in [5.74, 6) is 0.689. The van der Waals surface area contributed by atoms with Crippen molar-refractivity contribution in [3.05, 3.63) is 46.5 Å². The van der Waals surface area contributed by atoms with Crippen LogP contribution in [0.25, 0.3) is 0 Å². The molecule has 5 heteroatoms. The SMILES string of the molecule is O=Cc1cc(OCc2cncn2C2CC2)ccc1Br. The molecule has 3 rings (SSSR count). The topological polar surface area (TPSA) is 44.1 Å². The molecule has 1 aromatic heterocycles. The van der Waals surface area contributed by atoms with Crippen molar-refractivity contribution in [2.75, 3.05) is 0 Å². The number of imidazole rings is 1. The molecule has 1 saturated carbocycles. The highest BCUT2D eigenvalue weighted by molar-refractivity contribution is 9.10. The molecule has 1 fully saturated rings. The summed E-state index contributed by atoms with van der Waals surface area (Å²) in [5.41, 5.74) is 1.66. The van der Waals surface area contributed by atoms with E-state index in [9.17, 15) is 4.79 Å². The average Bonchev–Trinajstić information content (AvgIpc) is 3.17. The lowest BCUT2D eigenvalue weighted by molar-refractivity contribution is 0.112. The number of benzene rings is 1. The van der Waals surface area contributed by atoms with Crippen molar-refractivity contribution >= 4 is 22.2 Å². The Kier molecular flexibility index (Phi) is 3.38. The van der Waals surface area contributed by atoms with Gasteiger partial charge in [0.1, 0.15) is 12.4 Å². The molecule has 1 heterocycles. The monoisotopic (exact) mass is 320 g/mol. The van der Waals surface area contributed by atoms with Crippen LogP contribution in [0.2, 0.25) is 0 Å². The first-order chi connectivity index (χ1) is 9.28.